The molecule has 0 unspecified atom stereocenters. The lowest BCUT2D eigenvalue weighted by molar-refractivity contribution is -0.132. The first-order valence-corrected chi connectivity index (χ1v) is 9.83. The van der Waals surface area contributed by atoms with Crippen molar-refractivity contribution in [1.82, 2.24) is 24.6 Å². The summed E-state index contributed by atoms with van der Waals surface area (Å²) in [5, 5.41) is 7.77. The highest BCUT2D eigenvalue weighted by Crippen LogP contribution is 2.21. The van der Waals surface area contributed by atoms with E-state index in [0.29, 0.717) is 13.1 Å². The number of halogens is 1. The highest BCUT2D eigenvalue weighted by Gasteiger charge is 2.24. The first-order valence-electron chi connectivity index (χ1n) is 8.34. The van der Waals surface area contributed by atoms with Crippen molar-refractivity contribution in [2.24, 2.45) is 0 Å². The molecule has 1 aliphatic heterocycles. The van der Waals surface area contributed by atoms with Gasteiger partial charge in [-0.1, -0.05) is 11.3 Å². The Morgan fingerprint density at radius 1 is 1.31 bits per heavy atom. The molecule has 0 saturated carbocycles. The van der Waals surface area contributed by atoms with E-state index in [2.05, 4.69) is 15.0 Å². The van der Waals surface area contributed by atoms with Crippen LogP contribution in [0.3, 0.4) is 0 Å². The molecule has 1 saturated heterocycles. The molecule has 8 nitrogen and oxygen atoms in total. The van der Waals surface area contributed by atoms with Crippen LogP contribution < -0.4 is 4.72 Å². The molecule has 0 radical (unpaired) electrons. The van der Waals surface area contributed by atoms with Crippen molar-refractivity contribution in [2.75, 3.05) is 19.6 Å². The Kier molecular flexibility index (Phi) is 5.62. The van der Waals surface area contributed by atoms with Crippen molar-refractivity contribution in [3.63, 3.8) is 0 Å². The Balaban J connectivity index is 1.46. The average molecular weight is 381 g/mol. The summed E-state index contributed by atoms with van der Waals surface area (Å²) in [6, 6.07) is 4.98. The van der Waals surface area contributed by atoms with Gasteiger partial charge in [0, 0.05) is 32.3 Å². The Labute approximate surface area is 151 Å². The van der Waals surface area contributed by atoms with E-state index in [9.17, 15) is 17.6 Å². The molecule has 0 aliphatic carbocycles. The van der Waals surface area contributed by atoms with Crippen LogP contribution in [0, 0.1) is 5.82 Å². The topological polar surface area (TPSA) is 97.2 Å². The quantitative estimate of drug-likeness (QED) is 0.804. The minimum absolute atomic E-state index is 0.0271. The van der Waals surface area contributed by atoms with Crippen LogP contribution in [0.25, 0.3) is 0 Å². The SMILES string of the molecule is O=C(CCNS(=O)(=O)c1cccc(F)c1)N1CCC(n2ccnn2)CC1. The lowest BCUT2D eigenvalue weighted by atomic mass is 10.1. The summed E-state index contributed by atoms with van der Waals surface area (Å²) in [6.45, 7) is 1.17. The molecule has 1 N–H and O–H groups in total. The maximum absolute atomic E-state index is 13.2. The molecule has 10 heteroatoms. The van der Waals surface area contributed by atoms with Crippen molar-refractivity contribution in [3.05, 3.63) is 42.5 Å². The zero-order valence-corrected chi connectivity index (χ0v) is 14.9. The number of piperidine rings is 1. The molecule has 0 spiro atoms. The number of aromatic nitrogens is 3. The van der Waals surface area contributed by atoms with Gasteiger partial charge in [0.2, 0.25) is 15.9 Å². The number of rotatable bonds is 6. The summed E-state index contributed by atoms with van der Waals surface area (Å²) in [7, 11) is -3.83. The molecule has 26 heavy (non-hydrogen) atoms. The zero-order chi connectivity index (χ0) is 18.6. The van der Waals surface area contributed by atoms with E-state index in [1.807, 2.05) is 6.20 Å². The number of benzene rings is 1. The number of hydrogen-bond acceptors (Lipinski definition) is 5. The molecule has 2 heterocycles. The monoisotopic (exact) mass is 381 g/mol. The molecule has 3 rings (SSSR count). The van der Waals surface area contributed by atoms with Crippen LogP contribution in [-0.4, -0.2) is 53.9 Å². The summed E-state index contributed by atoms with van der Waals surface area (Å²) in [4.78, 5) is 13.8. The molecule has 1 aromatic heterocycles. The lowest BCUT2D eigenvalue weighted by Crippen LogP contribution is -2.40. The smallest absolute Gasteiger partial charge is 0.240 e. The first-order chi connectivity index (χ1) is 12.5. The Morgan fingerprint density at radius 3 is 2.73 bits per heavy atom. The standard InChI is InChI=1S/C16H20FN5O3S/c17-13-2-1-3-15(12-13)26(24,25)19-7-4-16(23)21-9-5-14(6-10-21)22-11-8-18-20-22/h1-3,8,11-12,14,19H,4-7,9-10H2. The van der Waals surface area contributed by atoms with Crippen LogP contribution in [0.2, 0.25) is 0 Å². The third-order valence-corrected chi connectivity index (χ3v) is 5.83. The van der Waals surface area contributed by atoms with Crippen molar-refractivity contribution in [3.8, 4) is 0 Å². The fourth-order valence-corrected chi connectivity index (χ4v) is 4.02. The molecule has 2 aromatic rings. The first kappa shape index (κ1) is 18.5. The minimum atomic E-state index is -3.83. The van der Waals surface area contributed by atoms with Gasteiger partial charge in [-0.05, 0) is 31.0 Å². The second-order valence-corrected chi connectivity index (χ2v) is 7.87. The summed E-state index contributed by atoms with van der Waals surface area (Å²) in [5.74, 6) is -0.733. The summed E-state index contributed by atoms with van der Waals surface area (Å²) < 4.78 is 41.5. The molecule has 140 valence electrons. The van der Waals surface area contributed by atoms with Crippen LogP contribution in [0.5, 0.6) is 0 Å². The summed E-state index contributed by atoms with van der Waals surface area (Å²) in [6.07, 6.45) is 5.06. The highest BCUT2D eigenvalue weighted by atomic mass is 32.2. The van der Waals surface area contributed by atoms with Gasteiger partial charge in [0.15, 0.2) is 0 Å². The maximum Gasteiger partial charge on any atom is 0.240 e. The van der Waals surface area contributed by atoms with Crippen molar-refractivity contribution >= 4 is 15.9 Å². The molecule has 0 bridgehead atoms. The van der Waals surface area contributed by atoms with Gasteiger partial charge in [-0.15, -0.1) is 5.10 Å². The van der Waals surface area contributed by atoms with E-state index in [0.717, 1.165) is 18.9 Å². The molecule has 1 aliphatic rings. The normalized spacial score (nSPS) is 16.0. The van der Waals surface area contributed by atoms with Gasteiger partial charge in [-0.3, -0.25) is 4.79 Å². The van der Waals surface area contributed by atoms with E-state index >= 15 is 0 Å². The van der Waals surface area contributed by atoms with E-state index in [4.69, 9.17) is 0 Å². The molecular weight excluding hydrogens is 361 g/mol. The Hall–Kier alpha value is -2.33. The Bertz CT molecular complexity index is 849. The lowest BCUT2D eigenvalue weighted by Gasteiger charge is -2.31. The van der Waals surface area contributed by atoms with Crippen molar-refractivity contribution in [1.29, 1.82) is 0 Å². The zero-order valence-electron chi connectivity index (χ0n) is 14.1. The number of carbonyl (C=O) groups is 1. The molecular formula is C16H20FN5O3S. The predicted molar refractivity (Wildman–Crippen MR) is 91.1 cm³/mol. The van der Waals surface area contributed by atoms with Gasteiger partial charge in [0.25, 0.3) is 0 Å². The van der Waals surface area contributed by atoms with E-state index in [-0.39, 0.29) is 29.8 Å². The summed E-state index contributed by atoms with van der Waals surface area (Å²) >= 11 is 0. The van der Waals surface area contributed by atoms with Crippen LogP contribution in [0.15, 0.2) is 41.6 Å². The number of hydrogen-bond donors (Lipinski definition) is 1. The van der Waals surface area contributed by atoms with E-state index in [1.165, 1.54) is 18.2 Å². The second kappa shape index (κ2) is 7.92. The maximum atomic E-state index is 13.2. The fourth-order valence-electron chi connectivity index (χ4n) is 2.96. The second-order valence-electron chi connectivity index (χ2n) is 6.10. The molecule has 1 fully saturated rings. The van der Waals surface area contributed by atoms with Gasteiger partial charge in [-0.25, -0.2) is 22.2 Å². The number of nitrogens with zero attached hydrogens (tertiary/aromatic N) is 4. The number of carbonyl (C=O) groups excluding carboxylic acids is 1. The van der Waals surface area contributed by atoms with Gasteiger partial charge in [0.1, 0.15) is 5.82 Å². The largest absolute Gasteiger partial charge is 0.343 e. The number of likely N-dealkylation sites (tertiary alicyclic amines) is 1. The van der Waals surface area contributed by atoms with Gasteiger partial charge in [0.05, 0.1) is 17.1 Å². The fraction of sp³-hybridized carbons (Fsp3) is 0.438. The third-order valence-electron chi connectivity index (χ3n) is 4.37. The summed E-state index contributed by atoms with van der Waals surface area (Å²) in [5.41, 5.74) is 0. The predicted octanol–water partition coefficient (Wildman–Crippen LogP) is 0.949. The molecule has 1 amide bonds. The highest BCUT2D eigenvalue weighted by molar-refractivity contribution is 7.89. The number of nitrogens with one attached hydrogen (secondary N) is 1. The number of amides is 1. The Morgan fingerprint density at radius 2 is 2.08 bits per heavy atom. The molecule has 1 aromatic carbocycles. The van der Waals surface area contributed by atoms with Crippen LogP contribution in [0.1, 0.15) is 25.3 Å². The van der Waals surface area contributed by atoms with Gasteiger partial charge < -0.3 is 4.90 Å². The van der Waals surface area contributed by atoms with Gasteiger partial charge in [-0.2, -0.15) is 0 Å². The molecule has 0 atom stereocenters. The van der Waals surface area contributed by atoms with Crippen LogP contribution in [-0.2, 0) is 14.8 Å². The van der Waals surface area contributed by atoms with Crippen molar-refractivity contribution in [2.45, 2.75) is 30.2 Å². The minimum Gasteiger partial charge on any atom is -0.343 e. The number of sulfonamides is 1. The van der Waals surface area contributed by atoms with E-state index < -0.39 is 15.8 Å². The van der Waals surface area contributed by atoms with E-state index in [1.54, 1.807) is 15.8 Å². The van der Waals surface area contributed by atoms with Crippen molar-refractivity contribution < 1.29 is 17.6 Å². The van der Waals surface area contributed by atoms with Crippen LogP contribution >= 0.6 is 0 Å². The van der Waals surface area contributed by atoms with Gasteiger partial charge >= 0.3 is 0 Å². The third kappa shape index (κ3) is 4.44. The van der Waals surface area contributed by atoms with Crippen LogP contribution in [0.4, 0.5) is 4.39 Å². The average Bonchev–Trinajstić information content (AvgIpc) is 3.16.